The largest absolute Gasteiger partial charge is 0.316 e. The van der Waals surface area contributed by atoms with E-state index in [1.54, 1.807) is 0 Å². The molecule has 0 aliphatic carbocycles. The zero-order valence-electron chi connectivity index (χ0n) is 5.69. The molecule has 0 aromatic carbocycles. The van der Waals surface area contributed by atoms with E-state index in [9.17, 15) is 0 Å². The van der Waals surface area contributed by atoms with Crippen molar-refractivity contribution in [1.29, 1.82) is 0 Å². The highest BCUT2D eigenvalue weighted by Gasteiger charge is 2.28. The first kappa shape index (κ1) is 5.69. The third kappa shape index (κ3) is 0.970. The lowest BCUT2D eigenvalue weighted by atomic mass is 9.95. The maximum Gasteiger partial charge on any atom is 0.0120 e. The van der Waals surface area contributed by atoms with E-state index in [0.717, 1.165) is 12.0 Å². The fraction of sp³-hybridized carbons (Fsp3) is 1.00. The molecule has 0 radical (unpaired) electrons. The zero-order valence-corrected chi connectivity index (χ0v) is 5.69. The monoisotopic (exact) mass is 126 g/mol. The lowest BCUT2D eigenvalue weighted by molar-refractivity contribution is 0.344. The average molecular weight is 126 g/mol. The molecule has 2 nitrogen and oxygen atoms in total. The Bertz CT molecular complexity index is 91.1. The molecule has 0 unspecified atom stereocenters. The van der Waals surface area contributed by atoms with Crippen LogP contribution in [0.2, 0.25) is 0 Å². The van der Waals surface area contributed by atoms with Crippen LogP contribution in [0.15, 0.2) is 0 Å². The van der Waals surface area contributed by atoms with Gasteiger partial charge in [-0.25, -0.2) is 0 Å². The van der Waals surface area contributed by atoms with Crippen molar-refractivity contribution in [3.05, 3.63) is 0 Å². The molecule has 0 saturated carbocycles. The minimum Gasteiger partial charge on any atom is -0.316 e. The van der Waals surface area contributed by atoms with E-state index >= 15 is 0 Å². The smallest absolute Gasteiger partial charge is 0.0120 e. The summed E-state index contributed by atoms with van der Waals surface area (Å²) in [4.78, 5) is 0. The molecule has 2 rings (SSSR count). The van der Waals surface area contributed by atoms with Crippen LogP contribution in [-0.4, -0.2) is 25.7 Å². The summed E-state index contributed by atoms with van der Waals surface area (Å²) in [7, 11) is 0. The Kier molecular flexibility index (Phi) is 1.44. The maximum absolute atomic E-state index is 3.52. The van der Waals surface area contributed by atoms with Crippen molar-refractivity contribution in [2.75, 3.05) is 19.6 Å². The molecule has 2 fully saturated rings. The molecule has 0 amide bonds. The second kappa shape index (κ2) is 2.27. The second-order valence-electron chi connectivity index (χ2n) is 3.10. The molecule has 0 aromatic rings. The SMILES string of the molecule is C1C[C@@H]2NCC[C@H]2CN1. The molecule has 2 saturated heterocycles. The summed E-state index contributed by atoms with van der Waals surface area (Å²) < 4.78 is 0. The summed E-state index contributed by atoms with van der Waals surface area (Å²) >= 11 is 0. The summed E-state index contributed by atoms with van der Waals surface area (Å²) in [6.45, 7) is 3.71. The van der Waals surface area contributed by atoms with Crippen LogP contribution < -0.4 is 10.6 Å². The Hall–Kier alpha value is -0.0800. The van der Waals surface area contributed by atoms with Gasteiger partial charge in [0.1, 0.15) is 0 Å². The molecule has 0 spiro atoms. The van der Waals surface area contributed by atoms with Crippen LogP contribution in [0.25, 0.3) is 0 Å². The van der Waals surface area contributed by atoms with E-state index < -0.39 is 0 Å². The van der Waals surface area contributed by atoms with E-state index in [4.69, 9.17) is 0 Å². The van der Waals surface area contributed by atoms with Crippen LogP contribution in [0.3, 0.4) is 0 Å². The molecule has 0 bridgehead atoms. The molecular weight excluding hydrogens is 112 g/mol. The topological polar surface area (TPSA) is 24.1 Å². The van der Waals surface area contributed by atoms with Crippen LogP contribution >= 0.6 is 0 Å². The number of fused-ring (bicyclic) bond motifs is 1. The third-order valence-electron chi connectivity index (χ3n) is 2.53. The summed E-state index contributed by atoms with van der Waals surface area (Å²) in [5.41, 5.74) is 0. The van der Waals surface area contributed by atoms with Crippen molar-refractivity contribution in [3.8, 4) is 0 Å². The molecule has 52 valence electrons. The standard InChI is InChI=1S/C7H14N2/c1-4-9-7-2-3-8-5-6(1)7/h6-9H,1-5H2/t6-,7-/m0/s1. The Labute approximate surface area is 56.0 Å². The van der Waals surface area contributed by atoms with Gasteiger partial charge in [-0.05, 0) is 38.4 Å². The molecule has 0 aromatic heterocycles. The molecular formula is C7H14N2. The van der Waals surface area contributed by atoms with E-state index in [1.807, 2.05) is 0 Å². The molecule has 2 heteroatoms. The van der Waals surface area contributed by atoms with Gasteiger partial charge >= 0.3 is 0 Å². The lowest BCUT2D eigenvalue weighted by Gasteiger charge is -2.25. The van der Waals surface area contributed by atoms with Crippen LogP contribution in [0.1, 0.15) is 12.8 Å². The van der Waals surface area contributed by atoms with Crippen molar-refractivity contribution in [2.24, 2.45) is 5.92 Å². The quantitative estimate of drug-likeness (QED) is 0.476. The number of hydrogen-bond donors (Lipinski definition) is 2. The van der Waals surface area contributed by atoms with E-state index in [1.165, 1.54) is 32.5 Å². The van der Waals surface area contributed by atoms with Crippen LogP contribution in [0, 0.1) is 5.92 Å². The number of hydrogen-bond acceptors (Lipinski definition) is 2. The Morgan fingerprint density at radius 2 is 2.11 bits per heavy atom. The van der Waals surface area contributed by atoms with Crippen LogP contribution in [0.4, 0.5) is 0 Å². The average Bonchev–Trinajstić information content (AvgIpc) is 2.33. The number of rotatable bonds is 0. The van der Waals surface area contributed by atoms with E-state index in [-0.39, 0.29) is 0 Å². The summed E-state index contributed by atoms with van der Waals surface area (Å²) in [6, 6.07) is 0.853. The number of piperidine rings is 1. The van der Waals surface area contributed by atoms with Gasteiger partial charge in [0.25, 0.3) is 0 Å². The summed E-state index contributed by atoms with van der Waals surface area (Å²) in [5.74, 6) is 0.943. The van der Waals surface area contributed by atoms with Gasteiger partial charge in [-0.15, -0.1) is 0 Å². The first-order valence-corrected chi connectivity index (χ1v) is 3.91. The Balaban J connectivity index is 1.97. The van der Waals surface area contributed by atoms with Crippen molar-refractivity contribution >= 4 is 0 Å². The molecule has 2 aliphatic heterocycles. The zero-order chi connectivity index (χ0) is 6.10. The first-order valence-electron chi connectivity index (χ1n) is 3.91. The van der Waals surface area contributed by atoms with Gasteiger partial charge in [0.05, 0.1) is 0 Å². The highest BCUT2D eigenvalue weighted by molar-refractivity contribution is 4.88. The fourth-order valence-corrected chi connectivity index (χ4v) is 1.95. The Morgan fingerprint density at radius 1 is 1.11 bits per heavy atom. The highest BCUT2D eigenvalue weighted by Crippen LogP contribution is 2.19. The van der Waals surface area contributed by atoms with Crippen molar-refractivity contribution < 1.29 is 0 Å². The van der Waals surface area contributed by atoms with Crippen molar-refractivity contribution in [1.82, 2.24) is 10.6 Å². The van der Waals surface area contributed by atoms with E-state index in [0.29, 0.717) is 0 Å². The number of nitrogens with one attached hydrogen (secondary N) is 2. The van der Waals surface area contributed by atoms with Gasteiger partial charge in [-0.1, -0.05) is 0 Å². The predicted molar refractivity (Wildman–Crippen MR) is 37.4 cm³/mol. The normalized spacial score (nSPS) is 42.7. The molecule has 2 heterocycles. The summed E-state index contributed by atoms with van der Waals surface area (Å²) in [6.07, 6.45) is 2.72. The van der Waals surface area contributed by atoms with Gasteiger partial charge in [0.2, 0.25) is 0 Å². The predicted octanol–water partition coefficient (Wildman–Crippen LogP) is -0.0422. The van der Waals surface area contributed by atoms with E-state index in [2.05, 4.69) is 10.6 Å². The first-order chi connectivity index (χ1) is 4.47. The molecule has 2 aliphatic rings. The van der Waals surface area contributed by atoms with Gasteiger partial charge in [-0.3, -0.25) is 0 Å². The summed E-state index contributed by atoms with van der Waals surface area (Å²) in [5, 5.41) is 6.93. The fourth-order valence-electron chi connectivity index (χ4n) is 1.95. The van der Waals surface area contributed by atoms with Gasteiger partial charge in [0, 0.05) is 6.04 Å². The third-order valence-corrected chi connectivity index (χ3v) is 2.53. The maximum atomic E-state index is 3.52. The molecule has 9 heavy (non-hydrogen) atoms. The second-order valence-corrected chi connectivity index (χ2v) is 3.10. The molecule has 2 atom stereocenters. The van der Waals surface area contributed by atoms with Crippen molar-refractivity contribution in [3.63, 3.8) is 0 Å². The van der Waals surface area contributed by atoms with Gasteiger partial charge in [-0.2, -0.15) is 0 Å². The van der Waals surface area contributed by atoms with Crippen LogP contribution in [-0.2, 0) is 0 Å². The lowest BCUT2D eigenvalue weighted by Crippen LogP contribution is -2.41. The minimum atomic E-state index is 0.853. The van der Waals surface area contributed by atoms with Gasteiger partial charge < -0.3 is 10.6 Å². The molecule has 2 N–H and O–H groups in total. The highest BCUT2D eigenvalue weighted by atomic mass is 15.0. The Morgan fingerprint density at radius 3 is 3.00 bits per heavy atom. The van der Waals surface area contributed by atoms with Gasteiger partial charge in [0.15, 0.2) is 0 Å². The van der Waals surface area contributed by atoms with Crippen LogP contribution in [0.5, 0.6) is 0 Å². The minimum absolute atomic E-state index is 0.853. The van der Waals surface area contributed by atoms with Crippen molar-refractivity contribution in [2.45, 2.75) is 18.9 Å².